The number of aromatic hydroxyl groups is 1. The number of hydrogen-bond donors (Lipinski definition) is 2. The number of carbonyl (C=O) groups is 1. The van der Waals surface area contributed by atoms with Gasteiger partial charge >= 0.3 is 5.97 Å². The van der Waals surface area contributed by atoms with E-state index in [1.54, 1.807) is 6.08 Å². The Bertz CT molecular complexity index is 760. The van der Waals surface area contributed by atoms with E-state index in [0.717, 1.165) is 11.1 Å². The molecular formula is C19H16O4. The molecule has 0 bridgehead atoms. The summed E-state index contributed by atoms with van der Waals surface area (Å²) in [5.74, 6) is -0.397. The van der Waals surface area contributed by atoms with Crippen molar-refractivity contribution < 1.29 is 19.7 Å². The van der Waals surface area contributed by atoms with Gasteiger partial charge in [-0.2, -0.15) is 0 Å². The lowest BCUT2D eigenvalue weighted by molar-refractivity contribution is -0.150. The summed E-state index contributed by atoms with van der Waals surface area (Å²) >= 11 is 0. The van der Waals surface area contributed by atoms with Crippen LogP contribution in [0.15, 0.2) is 72.8 Å². The van der Waals surface area contributed by atoms with Crippen LogP contribution in [0, 0.1) is 0 Å². The highest BCUT2D eigenvalue weighted by atomic mass is 16.6. The van der Waals surface area contributed by atoms with Crippen molar-refractivity contribution >= 4 is 11.5 Å². The van der Waals surface area contributed by atoms with Crippen LogP contribution in [0.5, 0.6) is 11.5 Å². The standard InChI is InChI=1S/C19H16O4/c20-16-6-8-17(9-7-16)23-18(21)19(22)12-10-15(11-13-19)14-4-2-1-3-5-14/h1-12,20,22H,13H2. The van der Waals surface area contributed by atoms with E-state index in [0.29, 0.717) is 0 Å². The first-order valence-corrected chi connectivity index (χ1v) is 7.25. The molecule has 1 aliphatic rings. The Balaban J connectivity index is 1.72. The molecule has 0 amide bonds. The molecular weight excluding hydrogens is 292 g/mol. The lowest BCUT2D eigenvalue weighted by Gasteiger charge is -2.24. The number of allylic oxidation sites excluding steroid dienone is 2. The number of carbonyl (C=O) groups excluding carboxylic acids is 1. The van der Waals surface area contributed by atoms with Crippen molar-refractivity contribution in [3.8, 4) is 11.5 Å². The van der Waals surface area contributed by atoms with E-state index in [-0.39, 0.29) is 17.9 Å². The molecule has 1 aliphatic carbocycles. The predicted molar refractivity (Wildman–Crippen MR) is 86.9 cm³/mol. The molecule has 0 aromatic heterocycles. The van der Waals surface area contributed by atoms with Gasteiger partial charge in [-0.1, -0.05) is 42.5 Å². The van der Waals surface area contributed by atoms with Gasteiger partial charge in [-0.15, -0.1) is 0 Å². The van der Waals surface area contributed by atoms with Crippen LogP contribution in [0.25, 0.3) is 5.57 Å². The summed E-state index contributed by atoms with van der Waals surface area (Å²) in [7, 11) is 0. The second-order valence-electron chi connectivity index (χ2n) is 5.37. The maximum Gasteiger partial charge on any atom is 0.347 e. The average molecular weight is 308 g/mol. The fraction of sp³-hybridized carbons (Fsp3) is 0.105. The van der Waals surface area contributed by atoms with Crippen molar-refractivity contribution in [1.29, 1.82) is 0 Å². The zero-order valence-electron chi connectivity index (χ0n) is 12.3. The van der Waals surface area contributed by atoms with Crippen LogP contribution < -0.4 is 4.74 Å². The van der Waals surface area contributed by atoms with Crippen molar-refractivity contribution in [2.75, 3.05) is 0 Å². The lowest BCUT2D eigenvalue weighted by Crippen LogP contribution is -2.40. The lowest BCUT2D eigenvalue weighted by atomic mass is 9.89. The molecule has 0 radical (unpaired) electrons. The number of rotatable bonds is 3. The van der Waals surface area contributed by atoms with Gasteiger partial charge in [-0.25, -0.2) is 4.79 Å². The van der Waals surface area contributed by atoms with Crippen LogP contribution >= 0.6 is 0 Å². The molecule has 4 heteroatoms. The monoisotopic (exact) mass is 308 g/mol. The van der Waals surface area contributed by atoms with Gasteiger partial charge in [0.15, 0.2) is 5.60 Å². The summed E-state index contributed by atoms with van der Waals surface area (Å²) in [6.45, 7) is 0. The third-order valence-electron chi connectivity index (χ3n) is 3.68. The van der Waals surface area contributed by atoms with Crippen LogP contribution in [0.1, 0.15) is 12.0 Å². The Labute approximate surface area is 134 Å². The molecule has 4 nitrogen and oxygen atoms in total. The van der Waals surface area contributed by atoms with Gasteiger partial charge in [0.25, 0.3) is 0 Å². The molecule has 3 rings (SSSR count). The summed E-state index contributed by atoms with van der Waals surface area (Å²) in [5.41, 5.74) is 0.293. The van der Waals surface area contributed by atoms with E-state index in [1.165, 1.54) is 30.3 Å². The molecule has 0 spiro atoms. The van der Waals surface area contributed by atoms with E-state index >= 15 is 0 Å². The summed E-state index contributed by atoms with van der Waals surface area (Å²) in [4.78, 5) is 12.2. The Hall–Kier alpha value is -2.85. The molecule has 0 saturated carbocycles. The van der Waals surface area contributed by atoms with E-state index < -0.39 is 11.6 Å². The van der Waals surface area contributed by atoms with Gasteiger partial charge < -0.3 is 14.9 Å². The van der Waals surface area contributed by atoms with Gasteiger partial charge in [0.2, 0.25) is 0 Å². The first kappa shape index (κ1) is 15.1. The van der Waals surface area contributed by atoms with E-state index in [1.807, 2.05) is 36.4 Å². The Kier molecular flexibility index (Phi) is 4.00. The number of ether oxygens (including phenoxy) is 1. The average Bonchev–Trinajstić information content (AvgIpc) is 2.58. The van der Waals surface area contributed by atoms with Crippen LogP contribution in [0.2, 0.25) is 0 Å². The summed E-state index contributed by atoms with van der Waals surface area (Å²) < 4.78 is 5.17. The molecule has 1 atom stereocenters. The molecule has 2 N–H and O–H groups in total. The molecule has 2 aromatic carbocycles. The summed E-state index contributed by atoms with van der Waals surface area (Å²) in [6, 6.07) is 15.5. The van der Waals surface area contributed by atoms with Crippen LogP contribution in [0.4, 0.5) is 0 Å². The predicted octanol–water partition coefficient (Wildman–Crippen LogP) is 3.07. The minimum atomic E-state index is -1.68. The van der Waals surface area contributed by atoms with Crippen molar-refractivity contribution in [1.82, 2.24) is 0 Å². The van der Waals surface area contributed by atoms with Crippen molar-refractivity contribution in [3.63, 3.8) is 0 Å². The molecule has 23 heavy (non-hydrogen) atoms. The topological polar surface area (TPSA) is 66.8 Å². The van der Waals surface area contributed by atoms with Crippen LogP contribution in [-0.2, 0) is 4.79 Å². The third-order valence-corrected chi connectivity index (χ3v) is 3.68. The number of phenols is 1. The molecule has 2 aromatic rings. The minimum absolute atomic E-state index is 0.0801. The maximum atomic E-state index is 12.2. The molecule has 0 saturated heterocycles. The van der Waals surface area contributed by atoms with Gasteiger partial charge in [0.1, 0.15) is 11.5 Å². The van der Waals surface area contributed by atoms with E-state index in [4.69, 9.17) is 4.74 Å². The van der Waals surface area contributed by atoms with Crippen LogP contribution in [-0.4, -0.2) is 21.8 Å². The van der Waals surface area contributed by atoms with Gasteiger partial charge in [-0.05, 0) is 41.5 Å². The van der Waals surface area contributed by atoms with Gasteiger partial charge in [-0.3, -0.25) is 0 Å². The van der Waals surface area contributed by atoms with Crippen molar-refractivity contribution in [3.05, 3.63) is 78.4 Å². The highest BCUT2D eigenvalue weighted by Crippen LogP contribution is 2.28. The molecule has 116 valence electrons. The molecule has 0 heterocycles. The Morgan fingerprint density at radius 1 is 1.04 bits per heavy atom. The highest BCUT2D eigenvalue weighted by molar-refractivity contribution is 5.87. The summed E-state index contributed by atoms with van der Waals surface area (Å²) in [5, 5.41) is 19.7. The van der Waals surface area contributed by atoms with Crippen molar-refractivity contribution in [2.24, 2.45) is 0 Å². The van der Waals surface area contributed by atoms with Crippen molar-refractivity contribution in [2.45, 2.75) is 12.0 Å². The van der Waals surface area contributed by atoms with E-state index in [2.05, 4.69) is 0 Å². The second kappa shape index (κ2) is 6.10. The number of phenolic OH excluding ortho intramolecular Hbond substituents is 1. The number of aliphatic hydroxyl groups is 1. The Morgan fingerprint density at radius 2 is 1.74 bits per heavy atom. The smallest absolute Gasteiger partial charge is 0.347 e. The maximum absolute atomic E-state index is 12.2. The van der Waals surface area contributed by atoms with E-state index in [9.17, 15) is 15.0 Å². The largest absolute Gasteiger partial charge is 0.508 e. The first-order valence-electron chi connectivity index (χ1n) is 7.25. The fourth-order valence-corrected chi connectivity index (χ4v) is 2.33. The number of hydrogen-bond acceptors (Lipinski definition) is 4. The third kappa shape index (κ3) is 3.33. The molecule has 1 unspecified atom stereocenters. The normalized spacial score (nSPS) is 20.0. The minimum Gasteiger partial charge on any atom is -0.508 e. The second-order valence-corrected chi connectivity index (χ2v) is 5.37. The van der Waals surface area contributed by atoms with Crippen LogP contribution in [0.3, 0.4) is 0 Å². The summed E-state index contributed by atoms with van der Waals surface area (Å²) in [6.07, 6.45) is 5.13. The number of benzene rings is 2. The zero-order chi connectivity index (χ0) is 16.3. The zero-order valence-corrected chi connectivity index (χ0v) is 12.3. The SMILES string of the molecule is O=C(Oc1ccc(O)cc1)C1(O)C=CC(c2ccccc2)=CC1. The first-order chi connectivity index (χ1) is 11.1. The van der Waals surface area contributed by atoms with Gasteiger partial charge in [0.05, 0.1) is 0 Å². The van der Waals surface area contributed by atoms with Gasteiger partial charge in [0, 0.05) is 6.42 Å². The fourth-order valence-electron chi connectivity index (χ4n) is 2.33. The quantitative estimate of drug-likeness (QED) is 0.675. The molecule has 0 fully saturated rings. The highest BCUT2D eigenvalue weighted by Gasteiger charge is 2.36. The molecule has 0 aliphatic heterocycles. The Morgan fingerprint density at radius 3 is 2.35 bits per heavy atom. The number of esters is 1.